The van der Waals surface area contributed by atoms with E-state index in [-0.39, 0.29) is 5.56 Å². The summed E-state index contributed by atoms with van der Waals surface area (Å²) in [6, 6.07) is 11.9. The van der Waals surface area contributed by atoms with Crippen LogP contribution in [-0.2, 0) is 0 Å². The highest BCUT2D eigenvalue weighted by Gasteiger charge is 2.19. The van der Waals surface area contributed by atoms with E-state index in [2.05, 4.69) is 15.3 Å². The molecule has 0 aliphatic rings. The van der Waals surface area contributed by atoms with E-state index in [1.54, 1.807) is 4.68 Å². The molecule has 1 aromatic carbocycles. The van der Waals surface area contributed by atoms with Gasteiger partial charge in [-0.15, -0.1) is 0 Å². The fraction of sp³-hybridized carbons (Fsp3) is 0.118. The molecule has 6 heteroatoms. The average molecular weight is 305 g/mol. The standard InChI is InChI=1S/C17H15N5O/c1-11-5-7-13(8-6-11)22-17(21-9-3-4-10-21)14-15(20-22)12(2)18-19-16(14)23/h3-10H,1-2H3,(H,19,23). The monoisotopic (exact) mass is 305 g/mol. The zero-order valence-electron chi connectivity index (χ0n) is 12.8. The molecule has 6 nitrogen and oxygen atoms in total. The number of hydrogen-bond acceptors (Lipinski definition) is 3. The lowest BCUT2D eigenvalue weighted by Gasteiger charge is -2.08. The predicted octanol–water partition coefficient (Wildman–Crippen LogP) is 2.52. The number of fused-ring (bicyclic) bond motifs is 1. The maximum atomic E-state index is 12.4. The Morgan fingerprint density at radius 3 is 2.43 bits per heavy atom. The van der Waals surface area contributed by atoms with Gasteiger partial charge in [-0.3, -0.25) is 4.79 Å². The van der Waals surface area contributed by atoms with Gasteiger partial charge in [0, 0.05) is 12.4 Å². The van der Waals surface area contributed by atoms with Crippen LogP contribution in [0, 0.1) is 13.8 Å². The third-order valence-corrected chi connectivity index (χ3v) is 3.88. The van der Waals surface area contributed by atoms with Crippen molar-refractivity contribution >= 4 is 10.9 Å². The van der Waals surface area contributed by atoms with E-state index in [4.69, 9.17) is 0 Å². The highest BCUT2D eigenvalue weighted by atomic mass is 16.1. The molecule has 0 amide bonds. The zero-order valence-corrected chi connectivity index (χ0v) is 12.8. The molecule has 4 rings (SSSR count). The smallest absolute Gasteiger partial charge is 0.277 e. The SMILES string of the molecule is Cc1ccc(-n2nc3c(C)n[nH]c(=O)c3c2-n2cccc2)cc1. The highest BCUT2D eigenvalue weighted by molar-refractivity contribution is 5.87. The summed E-state index contributed by atoms with van der Waals surface area (Å²) in [5, 5.41) is 11.8. The fourth-order valence-electron chi connectivity index (χ4n) is 2.70. The van der Waals surface area contributed by atoms with Crippen LogP contribution in [0.3, 0.4) is 0 Å². The first kappa shape index (κ1) is 13.5. The third-order valence-electron chi connectivity index (χ3n) is 3.88. The van der Waals surface area contributed by atoms with Crippen molar-refractivity contribution in [1.29, 1.82) is 0 Å². The Hall–Kier alpha value is -3.15. The van der Waals surface area contributed by atoms with Crippen LogP contribution >= 0.6 is 0 Å². The molecule has 23 heavy (non-hydrogen) atoms. The number of rotatable bonds is 2. The van der Waals surface area contributed by atoms with E-state index < -0.39 is 0 Å². The van der Waals surface area contributed by atoms with Gasteiger partial charge in [0.15, 0.2) is 5.82 Å². The first-order chi connectivity index (χ1) is 11.1. The van der Waals surface area contributed by atoms with Crippen molar-refractivity contribution in [3.63, 3.8) is 0 Å². The maximum absolute atomic E-state index is 12.4. The van der Waals surface area contributed by atoms with Crippen molar-refractivity contribution < 1.29 is 0 Å². The second-order valence-electron chi connectivity index (χ2n) is 5.52. The van der Waals surface area contributed by atoms with E-state index >= 15 is 0 Å². The number of benzene rings is 1. The van der Waals surface area contributed by atoms with Gasteiger partial charge in [0.2, 0.25) is 0 Å². The Morgan fingerprint density at radius 1 is 1.04 bits per heavy atom. The molecule has 3 heterocycles. The van der Waals surface area contributed by atoms with Gasteiger partial charge < -0.3 is 4.57 Å². The van der Waals surface area contributed by atoms with Crippen LogP contribution in [0.2, 0.25) is 0 Å². The molecule has 4 aromatic rings. The van der Waals surface area contributed by atoms with Crippen LogP contribution in [0.15, 0.2) is 53.6 Å². The minimum Gasteiger partial charge on any atom is -0.308 e. The lowest BCUT2D eigenvalue weighted by Crippen LogP contribution is -2.11. The largest absolute Gasteiger partial charge is 0.308 e. The lowest BCUT2D eigenvalue weighted by molar-refractivity contribution is 0.833. The second kappa shape index (κ2) is 4.95. The number of nitrogens with zero attached hydrogens (tertiary/aromatic N) is 4. The molecule has 0 fully saturated rings. The summed E-state index contributed by atoms with van der Waals surface area (Å²) < 4.78 is 3.68. The van der Waals surface area contributed by atoms with Crippen LogP contribution in [-0.4, -0.2) is 24.5 Å². The molecule has 0 bridgehead atoms. The molecule has 0 spiro atoms. The topological polar surface area (TPSA) is 68.5 Å². The van der Waals surface area contributed by atoms with Crippen molar-refractivity contribution in [2.24, 2.45) is 0 Å². The van der Waals surface area contributed by atoms with Gasteiger partial charge in [-0.2, -0.15) is 10.2 Å². The summed E-state index contributed by atoms with van der Waals surface area (Å²) in [6.45, 7) is 3.87. The molecule has 0 aliphatic carbocycles. The summed E-state index contributed by atoms with van der Waals surface area (Å²) in [5.41, 5.74) is 3.13. The zero-order chi connectivity index (χ0) is 16.0. The Morgan fingerprint density at radius 2 is 1.74 bits per heavy atom. The Bertz CT molecular complexity index is 1040. The Labute approximate surface area is 132 Å². The van der Waals surface area contributed by atoms with Gasteiger partial charge >= 0.3 is 0 Å². The van der Waals surface area contributed by atoms with Gasteiger partial charge in [-0.1, -0.05) is 17.7 Å². The molecule has 0 saturated carbocycles. The summed E-state index contributed by atoms with van der Waals surface area (Å²) in [7, 11) is 0. The van der Waals surface area contributed by atoms with Crippen molar-refractivity contribution in [2.75, 3.05) is 0 Å². The van der Waals surface area contributed by atoms with Gasteiger partial charge in [-0.25, -0.2) is 9.78 Å². The molecular formula is C17H15N5O. The van der Waals surface area contributed by atoms with Gasteiger partial charge in [-0.05, 0) is 38.1 Å². The van der Waals surface area contributed by atoms with Gasteiger partial charge in [0.05, 0.1) is 11.4 Å². The summed E-state index contributed by atoms with van der Waals surface area (Å²) in [5.74, 6) is 0.709. The molecule has 114 valence electrons. The third kappa shape index (κ3) is 2.07. The van der Waals surface area contributed by atoms with E-state index in [9.17, 15) is 4.79 Å². The molecule has 0 unspecified atom stereocenters. The number of aryl methyl sites for hydroxylation is 2. The van der Waals surface area contributed by atoms with Crippen LogP contribution in [0.4, 0.5) is 0 Å². The number of aromatic nitrogens is 5. The minimum atomic E-state index is -0.243. The summed E-state index contributed by atoms with van der Waals surface area (Å²) in [4.78, 5) is 12.4. The molecule has 0 aliphatic heterocycles. The van der Waals surface area contributed by atoms with E-state index in [1.807, 2.05) is 67.2 Å². The van der Waals surface area contributed by atoms with Crippen molar-refractivity contribution in [1.82, 2.24) is 24.5 Å². The summed E-state index contributed by atoms with van der Waals surface area (Å²) >= 11 is 0. The van der Waals surface area contributed by atoms with E-state index in [1.165, 1.54) is 5.56 Å². The van der Waals surface area contributed by atoms with E-state index in [0.29, 0.717) is 22.4 Å². The highest BCUT2D eigenvalue weighted by Crippen LogP contribution is 2.24. The molecular weight excluding hydrogens is 290 g/mol. The molecule has 0 saturated heterocycles. The van der Waals surface area contributed by atoms with Crippen LogP contribution in [0.25, 0.3) is 22.4 Å². The molecule has 0 atom stereocenters. The first-order valence-corrected chi connectivity index (χ1v) is 7.33. The Balaban J connectivity index is 2.14. The van der Waals surface area contributed by atoms with Gasteiger partial charge in [0.25, 0.3) is 5.56 Å². The predicted molar refractivity (Wildman–Crippen MR) is 88.3 cm³/mol. The van der Waals surface area contributed by atoms with Crippen molar-refractivity contribution in [3.8, 4) is 11.5 Å². The lowest BCUT2D eigenvalue weighted by atomic mass is 10.2. The van der Waals surface area contributed by atoms with E-state index in [0.717, 1.165) is 5.69 Å². The van der Waals surface area contributed by atoms with Crippen LogP contribution in [0.5, 0.6) is 0 Å². The average Bonchev–Trinajstić information content (AvgIpc) is 3.19. The number of nitrogens with one attached hydrogen (secondary N) is 1. The second-order valence-corrected chi connectivity index (χ2v) is 5.52. The Kier molecular flexibility index (Phi) is 2.90. The minimum absolute atomic E-state index is 0.243. The normalized spacial score (nSPS) is 11.2. The molecule has 1 N–H and O–H groups in total. The van der Waals surface area contributed by atoms with Crippen LogP contribution < -0.4 is 5.56 Å². The first-order valence-electron chi connectivity index (χ1n) is 7.33. The maximum Gasteiger partial charge on any atom is 0.277 e. The van der Waals surface area contributed by atoms with Crippen molar-refractivity contribution in [2.45, 2.75) is 13.8 Å². The quantitative estimate of drug-likeness (QED) is 0.618. The molecule has 3 aromatic heterocycles. The fourth-order valence-corrected chi connectivity index (χ4v) is 2.70. The molecule has 0 radical (unpaired) electrons. The summed E-state index contributed by atoms with van der Waals surface area (Å²) in [6.07, 6.45) is 3.80. The number of hydrogen-bond donors (Lipinski definition) is 1. The number of aromatic amines is 1. The number of H-pyrrole nitrogens is 1. The van der Waals surface area contributed by atoms with Crippen molar-refractivity contribution in [3.05, 3.63) is 70.4 Å². The van der Waals surface area contributed by atoms with Crippen LogP contribution in [0.1, 0.15) is 11.3 Å². The van der Waals surface area contributed by atoms with Gasteiger partial charge in [0.1, 0.15) is 10.9 Å².